The van der Waals surface area contributed by atoms with Crippen molar-refractivity contribution in [2.75, 3.05) is 23.8 Å². The van der Waals surface area contributed by atoms with Gasteiger partial charge >= 0.3 is 5.97 Å². The fourth-order valence-corrected chi connectivity index (χ4v) is 1.53. The van der Waals surface area contributed by atoms with Crippen molar-refractivity contribution < 1.29 is 14.7 Å². The van der Waals surface area contributed by atoms with Crippen molar-refractivity contribution in [2.24, 2.45) is 0 Å². The SMILES string of the molecule is CN(CC(=O)Nc1nccnc1C(=O)O)c1ncccn1. The first kappa shape index (κ1) is 14.3. The molecule has 1 amide bonds. The van der Waals surface area contributed by atoms with Gasteiger partial charge in [0.15, 0.2) is 11.5 Å². The summed E-state index contributed by atoms with van der Waals surface area (Å²) >= 11 is 0. The molecular weight excluding hydrogens is 276 g/mol. The van der Waals surface area contributed by atoms with Gasteiger partial charge < -0.3 is 15.3 Å². The lowest BCUT2D eigenvalue weighted by molar-refractivity contribution is -0.115. The summed E-state index contributed by atoms with van der Waals surface area (Å²) in [5.74, 6) is -1.44. The zero-order chi connectivity index (χ0) is 15.2. The fraction of sp³-hybridized carbons (Fsp3) is 0.167. The first-order valence-corrected chi connectivity index (χ1v) is 5.90. The molecule has 108 valence electrons. The number of hydrogen-bond acceptors (Lipinski definition) is 7. The van der Waals surface area contributed by atoms with E-state index < -0.39 is 11.9 Å². The average Bonchev–Trinajstić information content (AvgIpc) is 2.48. The second-order valence-electron chi connectivity index (χ2n) is 4.01. The smallest absolute Gasteiger partial charge is 0.358 e. The molecule has 2 aromatic rings. The van der Waals surface area contributed by atoms with Crippen LogP contribution in [0.4, 0.5) is 11.8 Å². The van der Waals surface area contributed by atoms with Crippen LogP contribution in [0.1, 0.15) is 10.5 Å². The van der Waals surface area contributed by atoms with E-state index in [1.807, 2.05) is 0 Å². The molecule has 0 aliphatic rings. The Bertz CT molecular complexity index is 648. The largest absolute Gasteiger partial charge is 0.476 e. The number of aromatic nitrogens is 4. The van der Waals surface area contributed by atoms with E-state index in [0.717, 1.165) is 0 Å². The molecule has 0 bridgehead atoms. The van der Waals surface area contributed by atoms with Gasteiger partial charge in [-0.1, -0.05) is 0 Å². The van der Waals surface area contributed by atoms with Crippen molar-refractivity contribution in [2.45, 2.75) is 0 Å². The summed E-state index contributed by atoms with van der Waals surface area (Å²) in [4.78, 5) is 39.8. The summed E-state index contributed by atoms with van der Waals surface area (Å²) in [6, 6.07) is 1.66. The number of carboxylic acids is 1. The number of amides is 1. The molecular formula is C12H12N6O3. The van der Waals surface area contributed by atoms with Gasteiger partial charge in [-0.05, 0) is 6.07 Å². The molecule has 2 aromatic heterocycles. The minimum Gasteiger partial charge on any atom is -0.476 e. The van der Waals surface area contributed by atoms with Crippen LogP contribution in [0.15, 0.2) is 30.9 Å². The molecule has 2 N–H and O–H groups in total. The summed E-state index contributed by atoms with van der Waals surface area (Å²) in [5, 5.41) is 11.4. The van der Waals surface area contributed by atoms with Crippen LogP contribution < -0.4 is 10.2 Å². The van der Waals surface area contributed by atoms with Gasteiger partial charge in [-0.3, -0.25) is 4.79 Å². The van der Waals surface area contributed by atoms with E-state index in [-0.39, 0.29) is 18.1 Å². The second-order valence-corrected chi connectivity index (χ2v) is 4.01. The Balaban J connectivity index is 2.04. The van der Waals surface area contributed by atoms with Crippen LogP contribution in [-0.2, 0) is 4.79 Å². The predicted octanol–water partition coefficient (Wildman–Crippen LogP) is 0.0397. The fourth-order valence-electron chi connectivity index (χ4n) is 1.53. The number of rotatable bonds is 5. The van der Waals surface area contributed by atoms with Gasteiger partial charge in [-0.2, -0.15) is 0 Å². The lowest BCUT2D eigenvalue weighted by Crippen LogP contribution is -2.32. The maximum atomic E-state index is 11.9. The molecule has 0 aliphatic carbocycles. The highest BCUT2D eigenvalue weighted by atomic mass is 16.4. The number of likely N-dealkylation sites (N-methyl/N-ethyl adjacent to an activating group) is 1. The molecule has 2 heterocycles. The Kier molecular flexibility index (Phi) is 4.34. The first-order chi connectivity index (χ1) is 10.1. The van der Waals surface area contributed by atoms with E-state index in [0.29, 0.717) is 5.95 Å². The van der Waals surface area contributed by atoms with Crippen molar-refractivity contribution in [1.29, 1.82) is 0 Å². The molecule has 9 nitrogen and oxygen atoms in total. The quantitative estimate of drug-likeness (QED) is 0.791. The monoisotopic (exact) mass is 288 g/mol. The van der Waals surface area contributed by atoms with Gasteiger partial charge in [0.2, 0.25) is 11.9 Å². The van der Waals surface area contributed by atoms with E-state index in [1.54, 1.807) is 25.5 Å². The van der Waals surface area contributed by atoms with E-state index in [4.69, 9.17) is 5.11 Å². The van der Waals surface area contributed by atoms with E-state index in [2.05, 4.69) is 25.3 Å². The number of aromatic carboxylic acids is 1. The molecule has 0 aromatic carbocycles. The minimum atomic E-state index is -1.27. The van der Waals surface area contributed by atoms with E-state index in [9.17, 15) is 9.59 Å². The summed E-state index contributed by atoms with van der Waals surface area (Å²) in [6.07, 6.45) is 5.65. The standard InChI is InChI=1S/C12H12N6O3/c1-18(12-15-3-2-4-16-12)7-8(19)17-10-9(11(20)21)13-5-6-14-10/h2-6H,7H2,1H3,(H,20,21)(H,14,17,19). The topological polar surface area (TPSA) is 121 Å². The van der Waals surface area contributed by atoms with Gasteiger partial charge in [0, 0.05) is 31.8 Å². The highest BCUT2D eigenvalue weighted by molar-refractivity contribution is 5.99. The van der Waals surface area contributed by atoms with Crippen molar-refractivity contribution >= 4 is 23.6 Å². The summed E-state index contributed by atoms with van der Waals surface area (Å²) < 4.78 is 0. The maximum Gasteiger partial charge on any atom is 0.358 e. The van der Waals surface area contributed by atoms with Crippen LogP contribution in [-0.4, -0.2) is 50.5 Å². The molecule has 0 unspecified atom stereocenters. The van der Waals surface area contributed by atoms with Gasteiger partial charge in [0.05, 0.1) is 6.54 Å². The van der Waals surface area contributed by atoms with Gasteiger partial charge in [-0.15, -0.1) is 0 Å². The molecule has 0 radical (unpaired) electrons. The van der Waals surface area contributed by atoms with Crippen LogP contribution in [0.3, 0.4) is 0 Å². The molecule has 2 rings (SSSR count). The van der Waals surface area contributed by atoms with Gasteiger partial charge in [-0.25, -0.2) is 24.7 Å². The summed E-state index contributed by atoms with van der Waals surface area (Å²) in [6.45, 7) is -0.0559. The number of hydrogen-bond donors (Lipinski definition) is 2. The first-order valence-electron chi connectivity index (χ1n) is 5.90. The third-order valence-electron chi connectivity index (χ3n) is 2.43. The molecule has 0 fully saturated rings. The van der Waals surface area contributed by atoms with Crippen LogP contribution in [0, 0.1) is 0 Å². The number of anilines is 2. The van der Waals surface area contributed by atoms with Gasteiger partial charge in [0.25, 0.3) is 0 Å². The molecule has 9 heteroatoms. The maximum absolute atomic E-state index is 11.9. The van der Waals surface area contributed by atoms with Crippen molar-refractivity contribution in [3.63, 3.8) is 0 Å². The Labute approximate surface area is 119 Å². The highest BCUT2D eigenvalue weighted by Crippen LogP contribution is 2.08. The summed E-state index contributed by atoms with van der Waals surface area (Å²) in [7, 11) is 1.64. The normalized spacial score (nSPS) is 9.95. The van der Waals surface area contributed by atoms with Crippen LogP contribution in [0.25, 0.3) is 0 Å². The zero-order valence-corrected chi connectivity index (χ0v) is 11.1. The predicted molar refractivity (Wildman–Crippen MR) is 72.9 cm³/mol. The minimum absolute atomic E-state index is 0.0559. The van der Waals surface area contributed by atoms with Crippen LogP contribution in [0.5, 0.6) is 0 Å². The lowest BCUT2D eigenvalue weighted by atomic mass is 10.4. The lowest BCUT2D eigenvalue weighted by Gasteiger charge is -2.16. The van der Waals surface area contributed by atoms with Crippen LogP contribution in [0.2, 0.25) is 0 Å². The second kappa shape index (κ2) is 6.37. The van der Waals surface area contributed by atoms with E-state index in [1.165, 1.54) is 17.3 Å². The molecule has 0 aliphatic heterocycles. The van der Waals surface area contributed by atoms with Gasteiger partial charge in [0.1, 0.15) is 0 Å². The van der Waals surface area contributed by atoms with Crippen molar-refractivity contribution in [3.8, 4) is 0 Å². The Hall–Kier alpha value is -3.10. The van der Waals surface area contributed by atoms with Crippen molar-refractivity contribution in [3.05, 3.63) is 36.5 Å². The third-order valence-corrected chi connectivity index (χ3v) is 2.43. The average molecular weight is 288 g/mol. The Morgan fingerprint density at radius 2 is 1.81 bits per heavy atom. The van der Waals surface area contributed by atoms with Crippen LogP contribution >= 0.6 is 0 Å². The summed E-state index contributed by atoms with van der Waals surface area (Å²) in [5.41, 5.74) is -0.315. The Morgan fingerprint density at radius 1 is 1.14 bits per heavy atom. The number of carbonyl (C=O) groups is 2. The number of nitrogens with zero attached hydrogens (tertiary/aromatic N) is 5. The number of carbonyl (C=O) groups excluding carboxylic acids is 1. The Morgan fingerprint density at radius 3 is 2.48 bits per heavy atom. The van der Waals surface area contributed by atoms with Crippen molar-refractivity contribution in [1.82, 2.24) is 19.9 Å². The molecule has 0 saturated heterocycles. The molecule has 0 atom stereocenters. The number of nitrogens with one attached hydrogen (secondary N) is 1. The van der Waals surface area contributed by atoms with E-state index >= 15 is 0 Å². The zero-order valence-electron chi connectivity index (χ0n) is 11.1. The third kappa shape index (κ3) is 3.69. The molecule has 0 spiro atoms. The molecule has 21 heavy (non-hydrogen) atoms. The molecule has 0 saturated carbocycles. The highest BCUT2D eigenvalue weighted by Gasteiger charge is 2.16. The number of carboxylic acid groups (broad SMARTS) is 1.